The molecule has 0 aliphatic carbocycles. The van der Waals surface area contributed by atoms with Crippen LogP contribution in [-0.2, 0) is 16.0 Å². The van der Waals surface area contributed by atoms with Gasteiger partial charge in [-0.05, 0) is 59.2 Å². The molecule has 0 saturated heterocycles. The molecule has 2 heterocycles. The summed E-state index contributed by atoms with van der Waals surface area (Å²) in [4.78, 5) is 27.4. The second-order valence-corrected chi connectivity index (χ2v) is 8.47. The van der Waals surface area contributed by atoms with Gasteiger partial charge in [-0.2, -0.15) is 4.68 Å². The minimum Gasteiger partial charge on any atom is -0.480 e. The molecule has 0 saturated carbocycles. The summed E-state index contributed by atoms with van der Waals surface area (Å²) in [6, 6.07) is 12.6. The first-order chi connectivity index (χ1) is 15.4. The van der Waals surface area contributed by atoms with Gasteiger partial charge in [-0.1, -0.05) is 36.0 Å². The van der Waals surface area contributed by atoms with Gasteiger partial charge in [-0.3, -0.25) is 4.79 Å². The Morgan fingerprint density at radius 1 is 1.19 bits per heavy atom. The van der Waals surface area contributed by atoms with Gasteiger partial charge in [0.05, 0.1) is 11.4 Å². The number of aromatic nitrogens is 5. The zero-order valence-electron chi connectivity index (χ0n) is 17.6. The number of hydrogen-bond acceptors (Lipinski definition) is 6. The molecule has 164 valence electrons. The predicted molar refractivity (Wildman–Crippen MR) is 121 cm³/mol. The highest BCUT2D eigenvalue weighted by Crippen LogP contribution is 2.21. The number of carboxylic acid groups (broad SMARTS) is 1. The van der Waals surface area contributed by atoms with Crippen molar-refractivity contribution in [2.45, 2.75) is 31.5 Å². The number of thioether (sulfide) groups is 1. The van der Waals surface area contributed by atoms with E-state index in [-0.39, 0.29) is 12.2 Å². The summed E-state index contributed by atoms with van der Waals surface area (Å²) in [5.41, 5.74) is 4.71. The minimum absolute atomic E-state index is 0.0111. The van der Waals surface area contributed by atoms with Gasteiger partial charge in [0.2, 0.25) is 11.1 Å². The van der Waals surface area contributed by atoms with E-state index in [0.717, 1.165) is 45.0 Å². The number of aromatic amines is 1. The van der Waals surface area contributed by atoms with E-state index in [1.807, 2.05) is 56.3 Å². The van der Waals surface area contributed by atoms with Crippen molar-refractivity contribution < 1.29 is 14.7 Å². The molecule has 0 aliphatic heterocycles. The van der Waals surface area contributed by atoms with Crippen LogP contribution >= 0.6 is 11.8 Å². The predicted octanol–water partition coefficient (Wildman–Crippen LogP) is 2.66. The van der Waals surface area contributed by atoms with E-state index in [9.17, 15) is 14.7 Å². The van der Waals surface area contributed by atoms with Gasteiger partial charge in [0.25, 0.3) is 0 Å². The molecule has 10 heteroatoms. The van der Waals surface area contributed by atoms with Gasteiger partial charge in [-0.25, -0.2) is 4.79 Å². The Bertz CT molecular complexity index is 1260. The maximum atomic E-state index is 12.5. The fraction of sp³-hybridized carbons (Fsp3) is 0.227. The van der Waals surface area contributed by atoms with Crippen LogP contribution in [0.25, 0.3) is 16.6 Å². The average Bonchev–Trinajstić information content (AvgIpc) is 3.38. The Kier molecular flexibility index (Phi) is 6.22. The lowest BCUT2D eigenvalue weighted by Gasteiger charge is -2.14. The molecule has 3 N–H and O–H groups in total. The summed E-state index contributed by atoms with van der Waals surface area (Å²) < 4.78 is 1.57. The molecule has 9 nitrogen and oxygen atoms in total. The Morgan fingerprint density at radius 2 is 1.94 bits per heavy atom. The van der Waals surface area contributed by atoms with E-state index in [1.165, 1.54) is 0 Å². The van der Waals surface area contributed by atoms with E-state index >= 15 is 0 Å². The molecule has 2 aromatic carbocycles. The van der Waals surface area contributed by atoms with Crippen LogP contribution in [0.1, 0.15) is 16.7 Å². The molecule has 2 aromatic heterocycles. The van der Waals surface area contributed by atoms with E-state index in [2.05, 4.69) is 25.8 Å². The van der Waals surface area contributed by atoms with Crippen LogP contribution < -0.4 is 5.32 Å². The van der Waals surface area contributed by atoms with Gasteiger partial charge in [0.1, 0.15) is 6.04 Å². The molecule has 0 bridgehead atoms. The number of H-pyrrole nitrogens is 1. The van der Waals surface area contributed by atoms with Crippen LogP contribution in [0, 0.1) is 13.8 Å². The Hall–Kier alpha value is -3.66. The van der Waals surface area contributed by atoms with Crippen molar-refractivity contribution in [1.29, 1.82) is 0 Å². The number of aryl methyl sites for hydroxylation is 2. The van der Waals surface area contributed by atoms with Crippen molar-refractivity contribution in [2.24, 2.45) is 0 Å². The van der Waals surface area contributed by atoms with Crippen molar-refractivity contribution in [1.82, 2.24) is 30.5 Å². The smallest absolute Gasteiger partial charge is 0.326 e. The van der Waals surface area contributed by atoms with Gasteiger partial charge >= 0.3 is 5.97 Å². The van der Waals surface area contributed by atoms with Gasteiger partial charge in [-0.15, -0.1) is 5.10 Å². The first kappa shape index (κ1) is 21.6. The van der Waals surface area contributed by atoms with Crippen molar-refractivity contribution in [3.8, 4) is 5.69 Å². The van der Waals surface area contributed by atoms with E-state index in [0.29, 0.717) is 5.16 Å². The molecular weight excluding hydrogens is 428 g/mol. The quantitative estimate of drug-likeness (QED) is 0.352. The number of carbonyl (C=O) groups excluding carboxylic acids is 1. The van der Waals surface area contributed by atoms with Crippen molar-refractivity contribution in [3.05, 3.63) is 65.4 Å². The number of para-hydroxylation sites is 1. The normalized spacial score (nSPS) is 12.1. The van der Waals surface area contributed by atoms with Crippen molar-refractivity contribution in [3.63, 3.8) is 0 Å². The standard InChI is InChI=1S/C22H22N6O3S/c1-13-7-14(2)9-16(8-13)28-22(25-26-27-28)32-12-20(29)24-19(21(30)31)10-15-11-23-18-6-4-3-5-17(15)18/h3-9,11,19,23H,10,12H2,1-2H3,(H,24,29)(H,30,31)/t19-/m1/s1. The summed E-state index contributed by atoms with van der Waals surface area (Å²) in [6.45, 7) is 3.97. The summed E-state index contributed by atoms with van der Waals surface area (Å²) in [5.74, 6) is -1.51. The maximum Gasteiger partial charge on any atom is 0.326 e. The Morgan fingerprint density at radius 3 is 2.69 bits per heavy atom. The van der Waals surface area contributed by atoms with Gasteiger partial charge < -0.3 is 15.4 Å². The summed E-state index contributed by atoms with van der Waals surface area (Å²) in [7, 11) is 0. The van der Waals surface area contributed by atoms with E-state index in [4.69, 9.17) is 0 Å². The highest BCUT2D eigenvalue weighted by atomic mass is 32.2. The number of nitrogens with one attached hydrogen (secondary N) is 2. The number of fused-ring (bicyclic) bond motifs is 1. The summed E-state index contributed by atoms with van der Waals surface area (Å²) in [5, 5.41) is 25.4. The molecule has 32 heavy (non-hydrogen) atoms. The molecule has 1 amide bonds. The number of aliphatic carboxylic acids is 1. The summed E-state index contributed by atoms with van der Waals surface area (Å²) >= 11 is 1.15. The number of nitrogens with zero attached hydrogens (tertiary/aromatic N) is 4. The highest BCUT2D eigenvalue weighted by molar-refractivity contribution is 7.99. The molecule has 0 fully saturated rings. The molecule has 4 aromatic rings. The minimum atomic E-state index is -1.09. The highest BCUT2D eigenvalue weighted by Gasteiger charge is 2.22. The molecule has 0 aliphatic rings. The average molecular weight is 451 g/mol. The number of hydrogen-bond donors (Lipinski definition) is 3. The lowest BCUT2D eigenvalue weighted by molar-refractivity contribution is -0.141. The largest absolute Gasteiger partial charge is 0.480 e. The summed E-state index contributed by atoms with van der Waals surface area (Å²) in [6.07, 6.45) is 1.95. The molecule has 4 rings (SSSR count). The fourth-order valence-electron chi connectivity index (χ4n) is 3.59. The third-order valence-corrected chi connectivity index (χ3v) is 5.88. The number of carboxylic acids is 1. The van der Waals surface area contributed by atoms with Crippen LogP contribution in [0.4, 0.5) is 0 Å². The Labute approximate surface area is 188 Å². The molecule has 0 spiro atoms. The molecular formula is C22H22N6O3S. The van der Waals surface area contributed by atoms with Crippen molar-refractivity contribution in [2.75, 3.05) is 5.75 Å². The number of carbonyl (C=O) groups is 2. The van der Waals surface area contributed by atoms with Crippen LogP contribution in [0.5, 0.6) is 0 Å². The maximum absolute atomic E-state index is 12.5. The lowest BCUT2D eigenvalue weighted by atomic mass is 10.1. The lowest BCUT2D eigenvalue weighted by Crippen LogP contribution is -2.43. The SMILES string of the molecule is Cc1cc(C)cc(-n2nnnc2SCC(=O)N[C@H](Cc2c[nH]c3ccccc23)C(=O)O)c1. The second-order valence-electron chi connectivity index (χ2n) is 7.53. The number of benzene rings is 2. The molecule has 0 radical (unpaired) electrons. The molecule has 1 atom stereocenters. The number of tetrazole rings is 1. The second kappa shape index (κ2) is 9.23. The van der Waals surface area contributed by atoms with Crippen molar-refractivity contribution >= 4 is 34.5 Å². The van der Waals surface area contributed by atoms with Crippen LogP contribution in [0.2, 0.25) is 0 Å². The topological polar surface area (TPSA) is 126 Å². The zero-order chi connectivity index (χ0) is 22.7. The third-order valence-electron chi connectivity index (χ3n) is 4.96. The molecule has 0 unspecified atom stereocenters. The monoisotopic (exact) mass is 450 g/mol. The fourth-order valence-corrected chi connectivity index (χ4v) is 4.29. The van der Waals surface area contributed by atoms with Crippen LogP contribution in [-0.4, -0.2) is 54.0 Å². The van der Waals surface area contributed by atoms with Gasteiger partial charge in [0, 0.05) is 23.5 Å². The first-order valence-electron chi connectivity index (χ1n) is 9.97. The Balaban J connectivity index is 1.42. The van der Waals surface area contributed by atoms with E-state index in [1.54, 1.807) is 10.9 Å². The zero-order valence-corrected chi connectivity index (χ0v) is 18.4. The van der Waals surface area contributed by atoms with Gasteiger partial charge in [0.15, 0.2) is 0 Å². The van der Waals surface area contributed by atoms with Crippen LogP contribution in [0.15, 0.2) is 53.8 Å². The third kappa shape index (κ3) is 4.80. The first-order valence-corrected chi connectivity index (χ1v) is 11.0. The number of rotatable bonds is 8. The number of amides is 1. The van der Waals surface area contributed by atoms with Crippen LogP contribution in [0.3, 0.4) is 0 Å². The van der Waals surface area contributed by atoms with E-state index < -0.39 is 17.9 Å².